The van der Waals surface area contributed by atoms with Crippen molar-refractivity contribution >= 4 is 33.4 Å². The van der Waals surface area contributed by atoms with E-state index in [1.54, 1.807) is 23.6 Å². The zero-order valence-corrected chi connectivity index (χ0v) is 20.0. The van der Waals surface area contributed by atoms with E-state index in [0.29, 0.717) is 59.8 Å². The molecule has 180 valence electrons. The number of aromatic nitrogens is 2. The standard InChI is InChI=1S/C25H30FN5O2S/c26-20-7-3-2-6-18(20)19-16-34-22-21(19)28-25(29-24(22)33)31-13-8-17(9-14-31)23(32)27-10-15-30-11-4-1-5-12-30/h2-3,6-7,16-17H,1,4-5,8-15H2,(H,27,32)(H,28,29,33). The fraction of sp³-hybridized carbons (Fsp3) is 0.480. The molecule has 1 aromatic carbocycles. The predicted octanol–water partition coefficient (Wildman–Crippen LogP) is 3.61. The summed E-state index contributed by atoms with van der Waals surface area (Å²) in [5.74, 6) is 0.242. The molecule has 3 aromatic rings. The van der Waals surface area contributed by atoms with E-state index in [4.69, 9.17) is 4.98 Å². The van der Waals surface area contributed by atoms with Crippen LogP contribution >= 0.6 is 11.3 Å². The Balaban J connectivity index is 1.23. The number of piperidine rings is 2. The highest BCUT2D eigenvalue weighted by molar-refractivity contribution is 7.17. The summed E-state index contributed by atoms with van der Waals surface area (Å²) in [6.45, 7) is 5.15. The Morgan fingerprint density at radius 3 is 2.65 bits per heavy atom. The molecule has 2 saturated heterocycles. The molecule has 0 radical (unpaired) electrons. The van der Waals surface area contributed by atoms with E-state index in [-0.39, 0.29) is 23.2 Å². The summed E-state index contributed by atoms with van der Waals surface area (Å²) >= 11 is 1.27. The van der Waals surface area contributed by atoms with Gasteiger partial charge in [0.1, 0.15) is 10.5 Å². The highest BCUT2D eigenvalue weighted by atomic mass is 32.1. The molecule has 34 heavy (non-hydrogen) atoms. The van der Waals surface area contributed by atoms with Crippen LogP contribution in [0.2, 0.25) is 0 Å². The van der Waals surface area contributed by atoms with E-state index in [1.165, 1.54) is 36.7 Å². The number of anilines is 1. The van der Waals surface area contributed by atoms with Gasteiger partial charge in [-0.15, -0.1) is 11.3 Å². The minimum atomic E-state index is -0.335. The normalized spacial score (nSPS) is 17.9. The van der Waals surface area contributed by atoms with Gasteiger partial charge in [-0.3, -0.25) is 14.6 Å². The zero-order valence-electron chi connectivity index (χ0n) is 19.2. The maximum atomic E-state index is 14.4. The Labute approximate surface area is 202 Å². The molecule has 0 unspecified atom stereocenters. The lowest BCUT2D eigenvalue weighted by molar-refractivity contribution is -0.125. The topological polar surface area (TPSA) is 81.3 Å². The lowest BCUT2D eigenvalue weighted by atomic mass is 9.96. The lowest BCUT2D eigenvalue weighted by Crippen LogP contribution is -2.43. The Morgan fingerprint density at radius 2 is 1.88 bits per heavy atom. The van der Waals surface area contributed by atoms with Gasteiger partial charge in [0.25, 0.3) is 5.56 Å². The number of aromatic amines is 1. The van der Waals surface area contributed by atoms with E-state index >= 15 is 0 Å². The Bertz CT molecular complexity index is 1210. The number of hydrogen-bond acceptors (Lipinski definition) is 6. The quantitative estimate of drug-likeness (QED) is 0.560. The van der Waals surface area contributed by atoms with Gasteiger partial charge in [-0.1, -0.05) is 24.6 Å². The molecule has 7 nitrogen and oxygen atoms in total. The van der Waals surface area contributed by atoms with Gasteiger partial charge in [0.15, 0.2) is 0 Å². The number of halogens is 1. The highest BCUT2D eigenvalue weighted by Crippen LogP contribution is 2.33. The van der Waals surface area contributed by atoms with Crippen LogP contribution in [0.1, 0.15) is 32.1 Å². The molecule has 0 saturated carbocycles. The minimum absolute atomic E-state index is 0.0248. The second-order valence-electron chi connectivity index (χ2n) is 9.15. The van der Waals surface area contributed by atoms with Crippen molar-refractivity contribution in [1.29, 1.82) is 0 Å². The first-order valence-electron chi connectivity index (χ1n) is 12.1. The SMILES string of the molecule is O=C(NCCN1CCCCC1)C1CCN(c2nc3c(-c4ccccc4F)csc3c(=O)[nH]2)CC1. The monoisotopic (exact) mass is 483 g/mol. The summed E-state index contributed by atoms with van der Waals surface area (Å²) in [7, 11) is 0. The Hall–Kier alpha value is -2.78. The second-order valence-corrected chi connectivity index (χ2v) is 10.0. The highest BCUT2D eigenvalue weighted by Gasteiger charge is 2.27. The molecule has 1 amide bonds. The number of fused-ring (bicyclic) bond motifs is 1. The molecule has 2 fully saturated rings. The molecule has 0 bridgehead atoms. The van der Waals surface area contributed by atoms with Gasteiger partial charge < -0.3 is 15.1 Å². The second kappa shape index (κ2) is 10.2. The van der Waals surface area contributed by atoms with Gasteiger partial charge in [0, 0.05) is 48.6 Å². The third-order valence-electron chi connectivity index (χ3n) is 6.92. The van der Waals surface area contributed by atoms with Gasteiger partial charge in [-0.05, 0) is 44.8 Å². The number of thiophene rings is 1. The molecule has 2 N–H and O–H groups in total. The Morgan fingerprint density at radius 1 is 1.12 bits per heavy atom. The van der Waals surface area contributed by atoms with Crippen LogP contribution in [0.5, 0.6) is 0 Å². The molecule has 2 aromatic heterocycles. The van der Waals surface area contributed by atoms with E-state index in [2.05, 4.69) is 15.2 Å². The van der Waals surface area contributed by atoms with Crippen molar-refractivity contribution in [2.45, 2.75) is 32.1 Å². The maximum absolute atomic E-state index is 14.4. The molecular weight excluding hydrogens is 453 g/mol. The number of H-pyrrole nitrogens is 1. The molecule has 2 aliphatic heterocycles. The number of carbonyl (C=O) groups is 1. The van der Waals surface area contributed by atoms with Crippen molar-refractivity contribution in [2.75, 3.05) is 44.2 Å². The van der Waals surface area contributed by atoms with Crippen molar-refractivity contribution in [3.8, 4) is 11.1 Å². The van der Waals surface area contributed by atoms with Crippen molar-refractivity contribution in [2.24, 2.45) is 5.92 Å². The first-order valence-corrected chi connectivity index (χ1v) is 13.0. The zero-order chi connectivity index (χ0) is 23.5. The van der Waals surface area contributed by atoms with Crippen LogP contribution in [0.25, 0.3) is 21.3 Å². The summed E-state index contributed by atoms with van der Waals surface area (Å²) in [4.78, 5) is 37.4. The summed E-state index contributed by atoms with van der Waals surface area (Å²) in [5.41, 5.74) is 1.38. The van der Waals surface area contributed by atoms with Crippen LogP contribution in [0.4, 0.5) is 10.3 Å². The maximum Gasteiger partial charge on any atom is 0.270 e. The third kappa shape index (κ3) is 4.86. The van der Waals surface area contributed by atoms with Crippen LogP contribution in [0.15, 0.2) is 34.4 Å². The first-order chi connectivity index (χ1) is 16.6. The summed E-state index contributed by atoms with van der Waals surface area (Å²) in [5, 5.41) is 4.90. The number of benzene rings is 1. The van der Waals surface area contributed by atoms with Crippen LogP contribution in [0.3, 0.4) is 0 Å². The average molecular weight is 484 g/mol. The average Bonchev–Trinajstić information content (AvgIpc) is 3.29. The number of amides is 1. The van der Waals surface area contributed by atoms with E-state index < -0.39 is 0 Å². The molecule has 5 rings (SSSR count). The van der Waals surface area contributed by atoms with Crippen molar-refractivity contribution < 1.29 is 9.18 Å². The summed E-state index contributed by atoms with van der Waals surface area (Å²) in [6, 6.07) is 6.54. The van der Waals surface area contributed by atoms with Crippen LogP contribution in [0, 0.1) is 11.7 Å². The van der Waals surface area contributed by atoms with E-state index in [9.17, 15) is 14.0 Å². The lowest BCUT2D eigenvalue weighted by Gasteiger charge is -2.32. The molecule has 4 heterocycles. The molecule has 0 aliphatic carbocycles. The molecule has 2 aliphatic rings. The van der Waals surface area contributed by atoms with Crippen molar-refractivity contribution in [1.82, 2.24) is 20.2 Å². The number of hydrogen-bond donors (Lipinski definition) is 2. The van der Waals surface area contributed by atoms with E-state index in [1.807, 2.05) is 4.90 Å². The molecule has 0 spiro atoms. The minimum Gasteiger partial charge on any atom is -0.355 e. The Kier molecular flexibility index (Phi) is 6.92. The third-order valence-corrected chi connectivity index (χ3v) is 7.89. The number of nitrogens with zero attached hydrogens (tertiary/aromatic N) is 3. The molecular formula is C25H30FN5O2S. The van der Waals surface area contributed by atoms with Crippen molar-refractivity contribution in [3.05, 3.63) is 45.8 Å². The van der Waals surface area contributed by atoms with Crippen LogP contribution < -0.4 is 15.8 Å². The fourth-order valence-electron chi connectivity index (χ4n) is 4.95. The number of carbonyl (C=O) groups excluding carboxylic acids is 1. The summed E-state index contributed by atoms with van der Waals surface area (Å²) < 4.78 is 14.9. The first kappa shape index (κ1) is 23.0. The van der Waals surface area contributed by atoms with Crippen LogP contribution in [-0.2, 0) is 4.79 Å². The fourth-order valence-corrected chi connectivity index (χ4v) is 5.85. The smallest absolute Gasteiger partial charge is 0.270 e. The number of rotatable bonds is 6. The van der Waals surface area contributed by atoms with E-state index in [0.717, 1.165) is 19.6 Å². The van der Waals surface area contributed by atoms with Gasteiger partial charge in [-0.25, -0.2) is 9.37 Å². The van der Waals surface area contributed by atoms with Crippen LogP contribution in [-0.4, -0.2) is 60.0 Å². The largest absolute Gasteiger partial charge is 0.355 e. The summed E-state index contributed by atoms with van der Waals surface area (Å²) in [6.07, 6.45) is 5.23. The predicted molar refractivity (Wildman–Crippen MR) is 134 cm³/mol. The molecule has 9 heteroatoms. The van der Waals surface area contributed by atoms with Gasteiger partial charge >= 0.3 is 0 Å². The molecule has 0 atom stereocenters. The van der Waals surface area contributed by atoms with Gasteiger partial charge in [-0.2, -0.15) is 0 Å². The van der Waals surface area contributed by atoms with Crippen molar-refractivity contribution in [3.63, 3.8) is 0 Å². The van der Waals surface area contributed by atoms with Gasteiger partial charge in [0.2, 0.25) is 11.9 Å². The number of nitrogens with one attached hydrogen (secondary N) is 2. The van der Waals surface area contributed by atoms with Gasteiger partial charge in [0.05, 0.1) is 5.52 Å². The number of likely N-dealkylation sites (tertiary alicyclic amines) is 1.